The fraction of sp³-hybridized carbons (Fsp3) is 0.0667. The summed E-state index contributed by atoms with van der Waals surface area (Å²) in [4.78, 5) is 4.17. The van der Waals surface area contributed by atoms with Crippen molar-refractivity contribution in [2.75, 3.05) is 0 Å². The molecule has 0 spiro atoms. The SMILES string of the molecule is Cc1cc(F)ccc1-c1noc(-c2cc(O)ccc2O)n1. The largest absolute Gasteiger partial charge is 0.508 e. The van der Waals surface area contributed by atoms with Crippen LogP contribution in [0.15, 0.2) is 40.9 Å². The Morgan fingerprint density at radius 3 is 2.62 bits per heavy atom. The first-order valence-corrected chi connectivity index (χ1v) is 6.17. The highest BCUT2D eigenvalue weighted by atomic mass is 19.1. The van der Waals surface area contributed by atoms with E-state index in [1.165, 1.54) is 30.3 Å². The van der Waals surface area contributed by atoms with Crippen LogP contribution in [-0.2, 0) is 0 Å². The zero-order valence-electron chi connectivity index (χ0n) is 11.0. The fourth-order valence-corrected chi connectivity index (χ4v) is 2.02. The maximum Gasteiger partial charge on any atom is 0.262 e. The lowest BCUT2D eigenvalue weighted by atomic mass is 10.1. The molecule has 0 saturated carbocycles. The third kappa shape index (κ3) is 2.43. The van der Waals surface area contributed by atoms with Crippen molar-refractivity contribution in [3.63, 3.8) is 0 Å². The van der Waals surface area contributed by atoms with Crippen LogP contribution in [0.3, 0.4) is 0 Å². The van der Waals surface area contributed by atoms with Crippen LogP contribution in [0.5, 0.6) is 11.5 Å². The third-order valence-electron chi connectivity index (χ3n) is 3.07. The lowest BCUT2D eigenvalue weighted by molar-refractivity contribution is 0.423. The van der Waals surface area contributed by atoms with Crippen molar-refractivity contribution < 1.29 is 19.1 Å². The van der Waals surface area contributed by atoms with E-state index in [2.05, 4.69) is 10.1 Å². The Kier molecular flexibility index (Phi) is 3.06. The number of aryl methyl sites for hydroxylation is 1. The molecule has 0 aliphatic carbocycles. The third-order valence-corrected chi connectivity index (χ3v) is 3.07. The highest BCUT2D eigenvalue weighted by Gasteiger charge is 2.16. The van der Waals surface area contributed by atoms with Gasteiger partial charge in [-0.3, -0.25) is 0 Å². The molecule has 0 aliphatic rings. The van der Waals surface area contributed by atoms with Crippen LogP contribution < -0.4 is 0 Å². The zero-order chi connectivity index (χ0) is 15.0. The lowest BCUT2D eigenvalue weighted by Gasteiger charge is -2.00. The zero-order valence-corrected chi connectivity index (χ0v) is 11.0. The Morgan fingerprint density at radius 2 is 1.86 bits per heavy atom. The van der Waals surface area contributed by atoms with E-state index in [0.717, 1.165) is 0 Å². The maximum absolute atomic E-state index is 13.1. The predicted octanol–water partition coefficient (Wildman–Crippen LogP) is 3.26. The van der Waals surface area contributed by atoms with Crippen molar-refractivity contribution in [1.29, 1.82) is 0 Å². The van der Waals surface area contributed by atoms with Crippen LogP contribution in [0, 0.1) is 12.7 Å². The highest BCUT2D eigenvalue weighted by molar-refractivity contribution is 5.67. The monoisotopic (exact) mass is 286 g/mol. The number of hydrogen-bond donors (Lipinski definition) is 2. The summed E-state index contributed by atoms with van der Waals surface area (Å²) in [6.07, 6.45) is 0. The standard InChI is InChI=1S/C15H11FN2O3/c1-8-6-9(16)2-4-11(8)14-17-15(21-18-14)12-7-10(19)3-5-13(12)20/h2-7,19-20H,1H3. The van der Waals surface area contributed by atoms with Gasteiger partial charge in [0.2, 0.25) is 5.82 Å². The van der Waals surface area contributed by atoms with Gasteiger partial charge in [-0.1, -0.05) is 5.16 Å². The van der Waals surface area contributed by atoms with Crippen molar-refractivity contribution in [1.82, 2.24) is 10.1 Å². The molecule has 21 heavy (non-hydrogen) atoms. The van der Waals surface area contributed by atoms with Gasteiger partial charge in [0.25, 0.3) is 5.89 Å². The second-order valence-corrected chi connectivity index (χ2v) is 4.58. The number of hydrogen-bond acceptors (Lipinski definition) is 5. The van der Waals surface area contributed by atoms with Gasteiger partial charge in [-0.25, -0.2) is 4.39 Å². The number of phenolic OH excluding ortho intramolecular Hbond substituents is 2. The van der Waals surface area contributed by atoms with Crippen molar-refractivity contribution in [3.05, 3.63) is 47.8 Å². The molecule has 106 valence electrons. The highest BCUT2D eigenvalue weighted by Crippen LogP contribution is 2.32. The average Bonchev–Trinajstić information content (AvgIpc) is 2.91. The molecule has 0 aliphatic heterocycles. The Hall–Kier alpha value is -2.89. The van der Waals surface area contributed by atoms with E-state index >= 15 is 0 Å². The van der Waals surface area contributed by atoms with Crippen molar-refractivity contribution >= 4 is 0 Å². The second kappa shape index (κ2) is 4.90. The van der Waals surface area contributed by atoms with Crippen LogP contribution in [0.1, 0.15) is 5.56 Å². The van der Waals surface area contributed by atoms with E-state index in [1.807, 2.05) is 0 Å². The number of aromatic nitrogens is 2. The molecule has 0 saturated heterocycles. The van der Waals surface area contributed by atoms with Gasteiger partial charge in [0, 0.05) is 5.56 Å². The molecule has 1 aromatic heterocycles. The van der Waals surface area contributed by atoms with Crippen LogP contribution >= 0.6 is 0 Å². The molecule has 0 amide bonds. The van der Waals surface area contributed by atoms with Gasteiger partial charge >= 0.3 is 0 Å². The summed E-state index contributed by atoms with van der Waals surface area (Å²) >= 11 is 0. The maximum atomic E-state index is 13.1. The fourth-order valence-electron chi connectivity index (χ4n) is 2.02. The van der Waals surface area contributed by atoms with Crippen molar-refractivity contribution in [2.24, 2.45) is 0 Å². The first-order valence-electron chi connectivity index (χ1n) is 6.17. The van der Waals surface area contributed by atoms with Crippen LogP contribution in [-0.4, -0.2) is 20.4 Å². The summed E-state index contributed by atoms with van der Waals surface area (Å²) in [7, 11) is 0. The van der Waals surface area contributed by atoms with E-state index in [1.54, 1.807) is 13.0 Å². The number of benzene rings is 2. The van der Waals surface area contributed by atoms with Gasteiger partial charge in [-0.15, -0.1) is 0 Å². The smallest absolute Gasteiger partial charge is 0.262 e. The van der Waals surface area contributed by atoms with Gasteiger partial charge < -0.3 is 14.7 Å². The van der Waals surface area contributed by atoms with Gasteiger partial charge in [0.1, 0.15) is 17.3 Å². The van der Waals surface area contributed by atoms with E-state index in [-0.39, 0.29) is 34.6 Å². The molecular formula is C15H11FN2O3. The predicted molar refractivity (Wildman–Crippen MR) is 73.2 cm³/mol. The molecule has 0 atom stereocenters. The van der Waals surface area contributed by atoms with Crippen LogP contribution in [0.4, 0.5) is 4.39 Å². The van der Waals surface area contributed by atoms with E-state index in [0.29, 0.717) is 11.1 Å². The van der Waals surface area contributed by atoms with Gasteiger partial charge in [0.05, 0.1) is 5.56 Å². The lowest BCUT2D eigenvalue weighted by Crippen LogP contribution is -1.87. The molecule has 1 heterocycles. The Balaban J connectivity index is 2.06. The van der Waals surface area contributed by atoms with Crippen LogP contribution in [0.25, 0.3) is 22.8 Å². The normalized spacial score (nSPS) is 10.8. The molecule has 0 fully saturated rings. The van der Waals surface area contributed by atoms with E-state index in [9.17, 15) is 14.6 Å². The molecule has 2 N–H and O–H groups in total. The molecule has 0 radical (unpaired) electrons. The first kappa shape index (κ1) is 13.1. The molecular weight excluding hydrogens is 275 g/mol. The molecule has 5 nitrogen and oxygen atoms in total. The second-order valence-electron chi connectivity index (χ2n) is 4.58. The number of phenols is 2. The molecule has 0 bridgehead atoms. The number of nitrogens with zero attached hydrogens (tertiary/aromatic N) is 2. The Labute approximate surface area is 119 Å². The number of rotatable bonds is 2. The van der Waals surface area contributed by atoms with E-state index < -0.39 is 0 Å². The van der Waals surface area contributed by atoms with Crippen LogP contribution in [0.2, 0.25) is 0 Å². The Morgan fingerprint density at radius 1 is 1.05 bits per heavy atom. The quantitative estimate of drug-likeness (QED) is 0.707. The van der Waals surface area contributed by atoms with Crippen molar-refractivity contribution in [2.45, 2.75) is 6.92 Å². The summed E-state index contributed by atoms with van der Waals surface area (Å²) in [5.41, 5.74) is 1.53. The van der Waals surface area contributed by atoms with Gasteiger partial charge in [0.15, 0.2) is 0 Å². The average molecular weight is 286 g/mol. The molecule has 3 rings (SSSR count). The first-order chi connectivity index (χ1) is 10.0. The van der Waals surface area contributed by atoms with Gasteiger partial charge in [-0.05, 0) is 48.9 Å². The minimum atomic E-state index is -0.342. The minimum absolute atomic E-state index is 0.0273. The number of halogens is 1. The minimum Gasteiger partial charge on any atom is -0.508 e. The summed E-state index contributed by atoms with van der Waals surface area (Å²) in [5.74, 6) is -0.0997. The van der Waals surface area contributed by atoms with Crippen molar-refractivity contribution in [3.8, 4) is 34.3 Å². The molecule has 6 heteroatoms. The summed E-state index contributed by atoms with van der Waals surface area (Å²) in [6, 6.07) is 8.24. The molecule has 2 aromatic carbocycles. The summed E-state index contributed by atoms with van der Waals surface area (Å²) in [6.45, 7) is 1.74. The summed E-state index contributed by atoms with van der Waals surface area (Å²) < 4.78 is 18.2. The van der Waals surface area contributed by atoms with Gasteiger partial charge in [-0.2, -0.15) is 4.98 Å². The number of aromatic hydroxyl groups is 2. The summed E-state index contributed by atoms with van der Waals surface area (Å²) in [5, 5.41) is 23.0. The Bertz CT molecular complexity index is 814. The van der Waals surface area contributed by atoms with E-state index in [4.69, 9.17) is 4.52 Å². The molecule has 0 unspecified atom stereocenters. The molecule has 3 aromatic rings. The topological polar surface area (TPSA) is 79.4 Å².